The summed E-state index contributed by atoms with van der Waals surface area (Å²) in [5, 5.41) is 0. The van der Waals surface area contributed by atoms with E-state index >= 15 is 0 Å². The third-order valence-electron chi connectivity index (χ3n) is 4.86. The molecule has 0 radical (unpaired) electrons. The van der Waals surface area contributed by atoms with Gasteiger partial charge in [-0.3, -0.25) is 0 Å². The van der Waals surface area contributed by atoms with Gasteiger partial charge in [0, 0.05) is 12.5 Å². The minimum Gasteiger partial charge on any atom is -0.458 e. The van der Waals surface area contributed by atoms with E-state index in [9.17, 15) is 4.79 Å². The normalized spacial score (nSPS) is 21.5. The number of rotatable bonds is 5. The maximum atomic E-state index is 12.2. The molecule has 0 saturated carbocycles. The zero-order valence-electron chi connectivity index (χ0n) is 14.0. The number of hydrogen-bond acceptors (Lipinski definition) is 3. The highest BCUT2D eigenvalue weighted by atomic mass is 16.5. The Labute approximate surface area is 132 Å². The summed E-state index contributed by atoms with van der Waals surface area (Å²) in [5.41, 5.74) is 5.28. The van der Waals surface area contributed by atoms with E-state index in [1.54, 1.807) is 19.2 Å². The molecule has 1 aliphatic carbocycles. The molecular weight excluding hydrogens is 276 g/mol. The number of carbonyl (C=O) groups excluding carboxylic acids is 1. The predicted molar refractivity (Wildman–Crippen MR) is 87.8 cm³/mol. The lowest BCUT2D eigenvalue weighted by molar-refractivity contribution is 0.0506. The zero-order chi connectivity index (χ0) is 16.3. The zero-order valence-corrected chi connectivity index (χ0v) is 14.0. The highest BCUT2D eigenvalue weighted by molar-refractivity contribution is 5.89. The van der Waals surface area contributed by atoms with Crippen molar-refractivity contribution >= 4 is 5.97 Å². The molecule has 1 atom stereocenters. The van der Waals surface area contributed by atoms with Gasteiger partial charge >= 0.3 is 5.97 Å². The summed E-state index contributed by atoms with van der Waals surface area (Å²) in [5.74, 6) is -0.289. The summed E-state index contributed by atoms with van der Waals surface area (Å²) in [6, 6.07) is 9.08. The summed E-state index contributed by atoms with van der Waals surface area (Å²) in [6.07, 6.45) is 0. The van der Waals surface area contributed by atoms with E-state index in [1.165, 1.54) is 16.7 Å². The van der Waals surface area contributed by atoms with E-state index < -0.39 is 0 Å². The molecule has 0 fully saturated rings. The number of esters is 1. The van der Waals surface area contributed by atoms with Gasteiger partial charge in [0.05, 0.1) is 12.2 Å². The molecule has 0 spiro atoms. The number of benzene rings is 1. The monoisotopic (exact) mass is 300 g/mol. The van der Waals surface area contributed by atoms with Crippen LogP contribution in [0.4, 0.5) is 0 Å². The molecule has 2 rings (SSSR count). The quantitative estimate of drug-likeness (QED) is 0.766. The molecule has 3 heteroatoms. The molecular formula is C19H24O3. The van der Waals surface area contributed by atoms with Gasteiger partial charge in [0.15, 0.2) is 0 Å². The van der Waals surface area contributed by atoms with Gasteiger partial charge < -0.3 is 9.47 Å². The lowest BCUT2D eigenvalue weighted by Crippen LogP contribution is -2.28. The molecule has 1 unspecified atom stereocenters. The molecule has 1 aliphatic rings. The summed E-state index contributed by atoms with van der Waals surface area (Å²) in [6.45, 7) is 9.37. The molecule has 118 valence electrons. The number of ether oxygens (including phenoxy) is 2. The lowest BCUT2D eigenvalue weighted by Gasteiger charge is -2.29. The first-order valence-corrected chi connectivity index (χ1v) is 7.51. The van der Waals surface area contributed by atoms with Gasteiger partial charge in [0.25, 0.3) is 0 Å². The third kappa shape index (κ3) is 2.86. The smallest absolute Gasteiger partial charge is 0.338 e. The topological polar surface area (TPSA) is 35.5 Å². The van der Waals surface area contributed by atoms with Crippen molar-refractivity contribution in [3.05, 3.63) is 58.2 Å². The Kier molecular flexibility index (Phi) is 4.87. The molecule has 3 nitrogen and oxygen atoms in total. The predicted octanol–water partition coefficient (Wildman–Crippen LogP) is 4.16. The summed E-state index contributed by atoms with van der Waals surface area (Å²) in [7, 11) is 1.70. The summed E-state index contributed by atoms with van der Waals surface area (Å²) in [4.78, 5) is 12.2. The summed E-state index contributed by atoms with van der Waals surface area (Å²) < 4.78 is 11.0. The molecule has 1 aromatic rings. The van der Waals surface area contributed by atoms with Crippen LogP contribution >= 0.6 is 0 Å². The van der Waals surface area contributed by atoms with Gasteiger partial charge in [0.2, 0.25) is 0 Å². The Morgan fingerprint density at radius 1 is 1.09 bits per heavy atom. The molecule has 22 heavy (non-hydrogen) atoms. The fraction of sp³-hybridized carbons (Fsp3) is 0.421. The minimum atomic E-state index is -0.289. The van der Waals surface area contributed by atoms with Crippen LogP contribution in [0.3, 0.4) is 0 Å². The van der Waals surface area contributed by atoms with Crippen LogP contribution in [0.1, 0.15) is 38.1 Å². The Morgan fingerprint density at radius 3 is 2.32 bits per heavy atom. The van der Waals surface area contributed by atoms with E-state index in [4.69, 9.17) is 9.47 Å². The average molecular weight is 300 g/mol. The molecule has 1 aromatic carbocycles. The van der Waals surface area contributed by atoms with Crippen molar-refractivity contribution in [3.63, 3.8) is 0 Å². The first-order chi connectivity index (χ1) is 10.4. The number of hydrogen-bond donors (Lipinski definition) is 0. The largest absolute Gasteiger partial charge is 0.458 e. The van der Waals surface area contributed by atoms with E-state index in [0.29, 0.717) is 18.8 Å². The fourth-order valence-electron chi connectivity index (χ4n) is 3.11. The first-order valence-electron chi connectivity index (χ1n) is 7.51. The van der Waals surface area contributed by atoms with Crippen molar-refractivity contribution in [2.75, 3.05) is 20.3 Å². The highest BCUT2D eigenvalue weighted by Gasteiger charge is 2.39. The van der Waals surface area contributed by atoms with E-state index in [-0.39, 0.29) is 11.4 Å². The van der Waals surface area contributed by atoms with Crippen molar-refractivity contribution in [1.82, 2.24) is 0 Å². The van der Waals surface area contributed by atoms with Crippen LogP contribution in [0.15, 0.2) is 52.6 Å². The summed E-state index contributed by atoms with van der Waals surface area (Å²) >= 11 is 0. The fourth-order valence-corrected chi connectivity index (χ4v) is 3.11. The van der Waals surface area contributed by atoms with Crippen LogP contribution in [0.25, 0.3) is 0 Å². The maximum Gasteiger partial charge on any atom is 0.338 e. The van der Waals surface area contributed by atoms with Crippen molar-refractivity contribution in [3.8, 4) is 0 Å². The second-order valence-electron chi connectivity index (χ2n) is 6.06. The van der Waals surface area contributed by atoms with Crippen molar-refractivity contribution in [1.29, 1.82) is 0 Å². The second kappa shape index (κ2) is 6.49. The van der Waals surface area contributed by atoms with Crippen molar-refractivity contribution in [2.45, 2.75) is 27.7 Å². The molecule has 0 N–H and O–H groups in total. The Balaban J connectivity index is 2.17. The highest BCUT2D eigenvalue weighted by Crippen LogP contribution is 2.46. The molecule has 0 heterocycles. The van der Waals surface area contributed by atoms with Crippen LogP contribution in [0.2, 0.25) is 0 Å². The van der Waals surface area contributed by atoms with Crippen molar-refractivity contribution in [2.24, 2.45) is 5.41 Å². The minimum absolute atomic E-state index is 0.195. The van der Waals surface area contributed by atoms with E-state index in [1.807, 2.05) is 18.2 Å². The lowest BCUT2D eigenvalue weighted by atomic mass is 9.79. The first kappa shape index (κ1) is 16.5. The van der Waals surface area contributed by atoms with E-state index in [2.05, 4.69) is 27.7 Å². The second-order valence-corrected chi connectivity index (χ2v) is 6.06. The van der Waals surface area contributed by atoms with Crippen LogP contribution in [-0.2, 0) is 9.47 Å². The van der Waals surface area contributed by atoms with Gasteiger partial charge in [-0.15, -0.1) is 0 Å². The maximum absolute atomic E-state index is 12.2. The number of methoxy groups -OCH3 is 1. The number of allylic oxidation sites excluding steroid dienone is 2. The average Bonchev–Trinajstić information content (AvgIpc) is 2.68. The van der Waals surface area contributed by atoms with Crippen LogP contribution in [-0.4, -0.2) is 26.3 Å². The van der Waals surface area contributed by atoms with Gasteiger partial charge in [-0.2, -0.15) is 0 Å². The number of carbonyl (C=O) groups is 1. The van der Waals surface area contributed by atoms with Crippen molar-refractivity contribution < 1.29 is 14.3 Å². The Hall–Kier alpha value is -1.87. The van der Waals surface area contributed by atoms with Crippen LogP contribution < -0.4 is 0 Å². The molecule has 0 aliphatic heterocycles. The van der Waals surface area contributed by atoms with Crippen LogP contribution in [0.5, 0.6) is 0 Å². The van der Waals surface area contributed by atoms with Crippen LogP contribution in [0, 0.1) is 5.41 Å². The molecule has 0 aromatic heterocycles. The molecule has 0 amide bonds. The SMILES string of the molecule is COCC1(C)C(C)=C(C)C(C)=C1COC(=O)c1ccccc1. The van der Waals surface area contributed by atoms with Gasteiger partial charge in [0.1, 0.15) is 6.61 Å². The Bertz CT molecular complexity index is 625. The van der Waals surface area contributed by atoms with Gasteiger partial charge in [-0.1, -0.05) is 23.8 Å². The molecule has 0 bridgehead atoms. The Morgan fingerprint density at radius 2 is 1.73 bits per heavy atom. The van der Waals surface area contributed by atoms with E-state index in [0.717, 1.165) is 5.57 Å². The standard InChI is InChI=1S/C19H24O3/c1-13-14(2)17(19(4,12-21-5)15(13)3)11-22-18(20)16-9-7-6-8-10-16/h6-10H,11-12H2,1-5H3. The van der Waals surface area contributed by atoms with Gasteiger partial charge in [-0.05, 0) is 56.5 Å². The molecule has 0 saturated heterocycles. The van der Waals surface area contributed by atoms with Gasteiger partial charge in [-0.25, -0.2) is 4.79 Å². The third-order valence-corrected chi connectivity index (χ3v) is 4.86.